The lowest BCUT2D eigenvalue weighted by Gasteiger charge is -2.25. The Morgan fingerprint density at radius 3 is 2.56 bits per heavy atom. The first kappa shape index (κ1) is 17.4. The molecular weight excluding hydrogens is 340 g/mol. The van der Waals surface area contributed by atoms with Gasteiger partial charge in [-0.3, -0.25) is 5.43 Å². The number of hydrazone groups is 1. The van der Waals surface area contributed by atoms with E-state index in [2.05, 4.69) is 15.5 Å². The highest BCUT2D eigenvalue weighted by Gasteiger charge is 2.25. The maximum absolute atomic E-state index is 12.5. The number of phenols is 1. The molecule has 3 rings (SSSR count). The monoisotopic (exact) mass is 360 g/mol. The minimum absolute atomic E-state index is 0.129. The molecule has 25 heavy (non-hydrogen) atoms. The molecule has 7 nitrogen and oxygen atoms in total. The van der Waals surface area contributed by atoms with E-state index in [1.165, 1.54) is 22.8 Å². The van der Waals surface area contributed by atoms with Crippen LogP contribution in [0.25, 0.3) is 0 Å². The summed E-state index contributed by atoms with van der Waals surface area (Å²) in [5.74, 6) is 0.549. The fourth-order valence-electron chi connectivity index (χ4n) is 2.62. The van der Waals surface area contributed by atoms with E-state index < -0.39 is 10.0 Å². The number of benzene rings is 1. The van der Waals surface area contributed by atoms with Crippen molar-refractivity contribution in [3.63, 3.8) is 0 Å². The summed E-state index contributed by atoms with van der Waals surface area (Å²) in [4.78, 5) is 4.29. The first-order valence-corrected chi connectivity index (χ1v) is 9.55. The van der Waals surface area contributed by atoms with Gasteiger partial charge >= 0.3 is 0 Å². The van der Waals surface area contributed by atoms with Crippen molar-refractivity contribution in [1.29, 1.82) is 0 Å². The van der Waals surface area contributed by atoms with Gasteiger partial charge in [-0.05, 0) is 37.1 Å². The number of pyridine rings is 1. The number of aromatic hydroxyl groups is 1. The van der Waals surface area contributed by atoms with E-state index >= 15 is 0 Å². The van der Waals surface area contributed by atoms with Gasteiger partial charge in [-0.25, -0.2) is 13.4 Å². The van der Waals surface area contributed by atoms with Gasteiger partial charge in [0.15, 0.2) is 0 Å². The molecule has 0 unspecified atom stereocenters. The van der Waals surface area contributed by atoms with Crippen LogP contribution in [0.4, 0.5) is 5.82 Å². The number of sulfonamides is 1. The van der Waals surface area contributed by atoms with Crippen LogP contribution in [0.1, 0.15) is 24.8 Å². The van der Waals surface area contributed by atoms with Crippen LogP contribution in [0.5, 0.6) is 5.75 Å². The van der Waals surface area contributed by atoms with Crippen molar-refractivity contribution in [1.82, 2.24) is 9.29 Å². The average Bonchev–Trinajstić information content (AvgIpc) is 2.64. The number of anilines is 1. The molecule has 0 aliphatic carbocycles. The standard InChI is InChI=1S/C17H20N4O3S/c22-16-7-3-2-6-14(16)12-19-20-17-9-8-15(13-18-17)25(23,24)21-10-4-1-5-11-21/h2-3,6-9,12-13,22H,1,4-5,10-11H2,(H,18,20)/b19-12+. The van der Waals surface area contributed by atoms with Gasteiger partial charge in [0.25, 0.3) is 0 Å². The van der Waals surface area contributed by atoms with E-state index in [9.17, 15) is 13.5 Å². The highest BCUT2D eigenvalue weighted by molar-refractivity contribution is 7.89. The Bertz CT molecular complexity index is 844. The molecule has 1 saturated heterocycles. The molecule has 1 fully saturated rings. The van der Waals surface area contributed by atoms with Crippen molar-refractivity contribution in [3.8, 4) is 5.75 Å². The summed E-state index contributed by atoms with van der Waals surface area (Å²) >= 11 is 0. The van der Waals surface area contributed by atoms with E-state index in [1.807, 2.05) is 0 Å². The molecule has 0 radical (unpaired) electrons. The number of hydrogen-bond acceptors (Lipinski definition) is 6. The maximum atomic E-state index is 12.5. The zero-order valence-electron chi connectivity index (χ0n) is 13.7. The zero-order chi connectivity index (χ0) is 17.7. The second-order valence-electron chi connectivity index (χ2n) is 5.77. The Labute approximate surface area is 147 Å². The quantitative estimate of drug-likeness (QED) is 0.631. The molecule has 2 N–H and O–H groups in total. The Hall–Kier alpha value is -2.45. The Balaban J connectivity index is 1.67. The number of phenolic OH excluding ortho intramolecular Hbond substituents is 1. The topological polar surface area (TPSA) is 94.9 Å². The van der Waals surface area contributed by atoms with E-state index in [1.54, 1.807) is 30.3 Å². The van der Waals surface area contributed by atoms with Gasteiger partial charge in [-0.15, -0.1) is 0 Å². The van der Waals surface area contributed by atoms with E-state index in [0.717, 1.165) is 19.3 Å². The minimum Gasteiger partial charge on any atom is -0.507 e. The van der Waals surface area contributed by atoms with Crippen LogP contribution >= 0.6 is 0 Å². The van der Waals surface area contributed by atoms with Gasteiger partial charge in [0, 0.05) is 24.8 Å². The predicted octanol–water partition coefficient (Wildman–Crippen LogP) is 2.41. The fraction of sp³-hybridized carbons (Fsp3) is 0.294. The van der Waals surface area contributed by atoms with Gasteiger partial charge in [0.2, 0.25) is 10.0 Å². The summed E-state index contributed by atoms with van der Waals surface area (Å²) in [6.45, 7) is 1.13. The van der Waals surface area contributed by atoms with Crippen LogP contribution in [-0.4, -0.2) is 42.1 Å². The maximum Gasteiger partial charge on any atom is 0.244 e. The molecule has 1 aliphatic rings. The minimum atomic E-state index is -3.48. The number of aromatic nitrogens is 1. The molecule has 0 amide bonds. The smallest absolute Gasteiger partial charge is 0.244 e. The zero-order valence-corrected chi connectivity index (χ0v) is 14.5. The normalized spacial score (nSPS) is 16.2. The summed E-state index contributed by atoms with van der Waals surface area (Å²) < 4.78 is 26.6. The fourth-order valence-corrected chi connectivity index (χ4v) is 4.08. The molecule has 0 atom stereocenters. The number of rotatable bonds is 5. The van der Waals surface area contributed by atoms with Gasteiger partial charge in [-0.1, -0.05) is 18.6 Å². The Kier molecular flexibility index (Phi) is 5.30. The van der Waals surface area contributed by atoms with Crippen LogP contribution in [0.2, 0.25) is 0 Å². The average molecular weight is 360 g/mol. The van der Waals surface area contributed by atoms with Crippen molar-refractivity contribution in [2.45, 2.75) is 24.2 Å². The molecule has 0 saturated carbocycles. The third kappa shape index (κ3) is 4.15. The number of piperidine rings is 1. The largest absolute Gasteiger partial charge is 0.507 e. The van der Waals surface area contributed by atoms with Crippen molar-refractivity contribution < 1.29 is 13.5 Å². The molecule has 1 aromatic carbocycles. The third-order valence-corrected chi connectivity index (χ3v) is 5.89. The van der Waals surface area contributed by atoms with Gasteiger partial charge in [-0.2, -0.15) is 9.41 Å². The first-order valence-electron chi connectivity index (χ1n) is 8.11. The lowest BCUT2D eigenvalue weighted by Crippen LogP contribution is -2.35. The number of nitrogens with zero attached hydrogens (tertiary/aromatic N) is 3. The third-order valence-electron chi connectivity index (χ3n) is 4.01. The molecule has 0 spiro atoms. The molecule has 8 heteroatoms. The van der Waals surface area contributed by atoms with Crippen LogP contribution in [-0.2, 0) is 10.0 Å². The van der Waals surface area contributed by atoms with Crippen LogP contribution < -0.4 is 5.43 Å². The highest BCUT2D eigenvalue weighted by Crippen LogP contribution is 2.20. The summed E-state index contributed by atoms with van der Waals surface area (Å²) in [5, 5.41) is 13.6. The second kappa shape index (κ2) is 7.62. The molecular formula is C17H20N4O3S. The SMILES string of the molecule is O=S(=O)(c1ccc(N/N=C/c2ccccc2O)nc1)N1CCCCC1. The predicted molar refractivity (Wildman–Crippen MR) is 96.2 cm³/mol. The van der Waals surface area contributed by atoms with E-state index in [-0.39, 0.29) is 10.6 Å². The Morgan fingerprint density at radius 2 is 1.88 bits per heavy atom. The lowest BCUT2D eigenvalue weighted by molar-refractivity contribution is 0.346. The first-order chi connectivity index (χ1) is 12.1. The van der Waals surface area contributed by atoms with E-state index in [4.69, 9.17) is 0 Å². The highest BCUT2D eigenvalue weighted by atomic mass is 32.2. The lowest BCUT2D eigenvalue weighted by atomic mass is 10.2. The van der Waals surface area contributed by atoms with Gasteiger partial charge in [0.05, 0.1) is 6.21 Å². The summed E-state index contributed by atoms with van der Waals surface area (Å²) in [6, 6.07) is 9.90. The number of para-hydroxylation sites is 1. The summed E-state index contributed by atoms with van der Waals surface area (Å²) in [6.07, 6.45) is 5.67. The molecule has 2 heterocycles. The van der Waals surface area contributed by atoms with Crippen LogP contribution in [0.3, 0.4) is 0 Å². The second-order valence-corrected chi connectivity index (χ2v) is 7.71. The molecule has 2 aromatic rings. The van der Waals surface area contributed by atoms with Gasteiger partial charge < -0.3 is 5.11 Å². The number of nitrogens with one attached hydrogen (secondary N) is 1. The molecule has 1 aliphatic heterocycles. The molecule has 132 valence electrons. The molecule has 0 bridgehead atoms. The summed E-state index contributed by atoms with van der Waals surface area (Å²) in [5.41, 5.74) is 3.29. The van der Waals surface area contributed by atoms with Crippen LogP contribution in [0.15, 0.2) is 52.6 Å². The van der Waals surface area contributed by atoms with E-state index in [0.29, 0.717) is 24.5 Å². The van der Waals surface area contributed by atoms with Crippen LogP contribution in [0, 0.1) is 0 Å². The van der Waals surface area contributed by atoms with Crippen molar-refractivity contribution in [2.75, 3.05) is 18.5 Å². The molecule has 1 aromatic heterocycles. The van der Waals surface area contributed by atoms with Crippen molar-refractivity contribution in [3.05, 3.63) is 48.2 Å². The van der Waals surface area contributed by atoms with Gasteiger partial charge in [0.1, 0.15) is 16.5 Å². The number of hydrogen-bond donors (Lipinski definition) is 2. The Morgan fingerprint density at radius 1 is 1.12 bits per heavy atom. The summed E-state index contributed by atoms with van der Waals surface area (Å²) in [7, 11) is -3.48. The van der Waals surface area contributed by atoms with Crippen molar-refractivity contribution in [2.24, 2.45) is 5.10 Å². The van der Waals surface area contributed by atoms with Crippen molar-refractivity contribution >= 4 is 22.1 Å².